The van der Waals surface area contributed by atoms with Crippen molar-refractivity contribution in [2.45, 2.75) is 20.0 Å². The molecule has 140 valence electrons. The summed E-state index contributed by atoms with van der Waals surface area (Å²) in [7, 11) is 0. The fourth-order valence-corrected chi connectivity index (χ4v) is 2.13. The van der Waals surface area contributed by atoms with E-state index in [-0.39, 0.29) is 17.7 Å². The van der Waals surface area contributed by atoms with Crippen LogP contribution in [0.25, 0.3) is 0 Å². The second-order valence-corrected chi connectivity index (χ2v) is 5.54. The summed E-state index contributed by atoms with van der Waals surface area (Å²) in [6.45, 7) is 6.04. The highest BCUT2D eigenvalue weighted by molar-refractivity contribution is 5.79. The van der Waals surface area contributed by atoms with Crippen LogP contribution in [0, 0.1) is 5.82 Å². The first-order valence-corrected chi connectivity index (χ1v) is 8.65. The number of benzene rings is 1. The smallest absolute Gasteiger partial charge is 0.191 e. The van der Waals surface area contributed by atoms with E-state index in [1.165, 1.54) is 6.07 Å². The molecule has 1 heterocycles. The highest BCUT2D eigenvalue weighted by Crippen LogP contribution is 2.16. The Hall–Kier alpha value is -2.83. The van der Waals surface area contributed by atoms with E-state index in [1.807, 2.05) is 26.0 Å². The van der Waals surface area contributed by atoms with Gasteiger partial charge in [-0.15, -0.1) is 0 Å². The Kier molecular flexibility index (Phi) is 8.18. The Labute approximate surface area is 153 Å². The molecule has 2 rings (SSSR count). The summed E-state index contributed by atoms with van der Waals surface area (Å²) in [5.74, 6) is 1.24. The number of guanidine groups is 1. The van der Waals surface area contributed by atoms with Crippen molar-refractivity contribution in [3.8, 4) is 11.5 Å². The van der Waals surface area contributed by atoms with Crippen LogP contribution in [0.2, 0.25) is 0 Å². The number of para-hydroxylation sites is 1. The molecule has 0 radical (unpaired) electrons. The van der Waals surface area contributed by atoms with Crippen molar-refractivity contribution < 1.29 is 13.9 Å². The second kappa shape index (κ2) is 10.9. The van der Waals surface area contributed by atoms with Crippen molar-refractivity contribution in [2.75, 3.05) is 26.2 Å². The number of rotatable bonds is 9. The van der Waals surface area contributed by atoms with E-state index in [1.54, 1.807) is 30.6 Å². The molecule has 1 unspecified atom stereocenters. The fourth-order valence-electron chi connectivity index (χ4n) is 2.13. The Bertz CT molecular complexity index is 682. The summed E-state index contributed by atoms with van der Waals surface area (Å²) in [4.78, 5) is 8.46. The van der Waals surface area contributed by atoms with Crippen molar-refractivity contribution in [3.63, 3.8) is 0 Å². The zero-order valence-electron chi connectivity index (χ0n) is 15.1. The molecule has 2 aromatic rings. The first-order valence-electron chi connectivity index (χ1n) is 8.65. The lowest BCUT2D eigenvalue weighted by molar-refractivity contribution is 0.220. The fraction of sp³-hybridized carbons (Fsp3) is 0.368. The summed E-state index contributed by atoms with van der Waals surface area (Å²) < 4.78 is 24.8. The van der Waals surface area contributed by atoms with Gasteiger partial charge in [-0.05, 0) is 38.1 Å². The summed E-state index contributed by atoms with van der Waals surface area (Å²) in [6, 6.07) is 10.0. The molecule has 1 aromatic heterocycles. The summed E-state index contributed by atoms with van der Waals surface area (Å²) in [5, 5.41) is 6.34. The van der Waals surface area contributed by atoms with E-state index in [0.29, 0.717) is 25.7 Å². The number of pyridine rings is 1. The summed E-state index contributed by atoms with van der Waals surface area (Å²) >= 11 is 0. The Morgan fingerprint density at radius 3 is 2.81 bits per heavy atom. The maximum Gasteiger partial charge on any atom is 0.191 e. The Morgan fingerprint density at radius 2 is 2.08 bits per heavy atom. The van der Waals surface area contributed by atoms with Gasteiger partial charge in [-0.2, -0.15) is 0 Å². The van der Waals surface area contributed by atoms with Gasteiger partial charge in [0.15, 0.2) is 17.5 Å². The van der Waals surface area contributed by atoms with Crippen molar-refractivity contribution in [1.82, 2.24) is 15.6 Å². The van der Waals surface area contributed by atoms with Crippen LogP contribution in [0.15, 0.2) is 53.8 Å². The molecule has 1 aromatic carbocycles. The van der Waals surface area contributed by atoms with Gasteiger partial charge < -0.3 is 20.1 Å². The van der Waals surface area contributed by atoms with Crippen LogP contribution >= 0.6 is 0 Å². The predicted molar refractivity (Wildman–Crippen MR) is 100 cm³/mol. The molecule has 0 aliphatic rings. The van der Waals surface area contributed by atoms with E-state index in [9.17, 15) is 4.39 Å². The number of nitrogens with one attached hydrogen (secondary N) is 2. The molecule has 0 aliphatic carbocycles. The van der Waals surface area contributed by atoms with E-state index in [2.05, 4.69) is 20.6 Å². The van der Waals surface area contributed by atoms with Gasteiger partial charge in [-0.1, -0.05) is 12.1 Å². The molecule has 0 spiro atoms. The first-order chi connectivity index (χ1) is 12.7. The number of nitrogens with zero attached hydrogens (tertiary/aromatic N) is 2. The number of halogens is 1. The minimum atomic E-state index is -0.374. The molecule has 0 saturated carbocycles. The quantitative estimate of drug-likeness (QED) is 0.409. The van der Waals surface area contributed by atoms with E-state index >= 15 is 0 Å². The zero-order valence-corrected chi connectivity index (χ0v) is 15.1. The van der Waals surface area contributed by atoms with Gasteiger partial charge in [0, 0.05) is 12.7 Å². The molecule has 1 atom stereocenters. The number of hydrogen-bond acceptors (Lipinski definition) is 4. The maximum atomic E-state index is 13.6. The van der Waals surface area contributed by atoms with Gasteiger partial charge in [0.2, 0.25) is 0 Å². The highest BCUT2D eigenvalue weighted by Gasteiger charge is 2.08. The van der Waals surface area contributed by atoms with Crippen molar-refractivity contribution in [2.24, 2.45) is 4.99 Å². The molecular formula is C19H25FN4O2. The minimum Gasteiger partial charge on any atom is -0.490 e. The van der Waals surface area contributed by atoms with Crippen molar-refractivity contribution >= 4 is 5.96 Å². The average molecular weight is 360 g/mol. The number of hydrogen-bond donors (Lipinski definition) is 2. The van der Waals surface area contributed by atoms with Crippen molar-refractivity contribution in [3.05, 3.63) is 54.6 Å². The summed E-state index contributed by atoms with van der Waals surface area (Å²) in [6.07, 6.45) is 3.11. The maximum absolute atomic E-state index is 13.6. The molecule has 26 heavy (non-hydrogen) atoms. The highest BCUT2D eigenvalue weighted by atomic mass is 19.1. The second-order valence-electron chi connectivity index (χ2n) is 5.54. The predicted octanol–water partition coefficient (Wildman–Crippen LogP) is 2.62. The zero-order chi connectivity index (χ0) is 18.6. The molecule has 0 amide bonds. The molecule has 0 aliphatic heterocycles. The average Bonchev–Trinajstić information content (AvgIpc) is 2.66. The van der Waals surface area contributed by atoms with Crippen LogP contribution in [0.4, 0.5) is 4.39 Å². The molecule has 2 N–H and O–H groups in total. The molecule has 6 nitrogen and oxygen atoms in total. The van der Waals surface area contributed by atoms with Gasteiger partial charge in [-0.3, -0.25) is 4.98 Å². The van der Waals surface area contributed by atoms with Gasteiger partial charge in [0.05, 0.1) is 19.3 Å². The third-order valence-corrected chi connectivity index (χ3v) is 3.31. The van der Waals surface area contributed by atoms with Crippen LogP contribution in [-0.4, -0.2) is 43.3 Å². The van der Waals surface area contributed by atoms with Crippen LogP contribution in [0.1, 0.15) is 13.8 Å². The summed E-state index contributed by atoms with van der Waals surface area (Å²) in [5.41, 5.74) is 0. The molecule has 7 heteroatoms. The van der Waals surface area contributed by atoms with Crippen LogP contribution in [0.5, 0.6) is 11.5 Å². The third-order valence-electron chi connectivity index (χ3n) is 3.31. The van der Waals surface area contributed by atoms with Crippen LogP contribution in [-0.2, 0) is 0 Å². The van der Waals surface area contributed by atoms with Crippen LogP contribution in [0.3, 0.4) is 0 Å². The molecule has 0 fully saturated rings. The topological polar surface area (TPSA) is 67.8 Å². The van der Waals surface area contributed by atoms with E-state index in [0.717, 1.165) is 12.3 Å². The van der Waals surface area contributed by atoms with Gasteiger partial charge in [0.25, 0.3) is 0 Å². The van der Waals surface area contributed by atoms with Gasteiger partial charge in [-0.25, -0.2) is 9.38 Å². The monoisotopic (exact) mass is 360 g/mol. The standard InChI is InChI=1S/C19H25FN4O2/c1-3-22-19(23-11-12-25-16-7-6-10-21-14-16)24-13-15(2)26-18-9-5-4-8-17(18)20/h4-10,14-15H,3,11-13H2,1-2H3,(H2,22,23,24). The minimum absolute atomic E-state index is 0.234. The van der Waals surface area contributed by atoms with Crippen LogP contribution < -0.4 is 20.1 Å². The van der Waals surface area contributed by atoms with E-state index < -0.39 is 0 Å². The van der Waals surface area contributed by atoms with Gasteiger partial charge in [0.1, 0.15) is 18.5 Å². The molecular weight excluding hydrogens is 335 g/mol. The lowest BCUT2D eigenvalue weighted by Gasteiger charge is -2.15. The third kappa shape index (κ3) is 6.96. The largest absolute Gasteiger partial charge is 0.490 e. The van der Waals surface area contributed by atoms with Crippen molar-refractivity contribution in [1.29, 1.82) is 0 Å². The first kappa shape index (κ1) is 19.5. The number of aliphatic imine (C=N–C) groups is 1. The normalized spacial score (nSPS) is 12.3. The lowest BCUT2D eigenvalue weighted by Crippen LogP contribution is -2.40. The Morgan fingerprint density at radius 1 is 1.23 bits per heavy atom. The number of ether oxygens (including phenoxy) is 2. The number of aromatic nitrogens is 1. The molecule has 0 bridgehead atoms. The SMILES string of the molecule is CCNC(=NCC(C)Oc1ccccc1F)NCCOc1cccnc1. The van der Waals surface area contributed by atoms with E-state index in [4.69, 9.17) is 9.47 Å². The Balaban J connectivity index is 1.77. The lowest BCUT2D eigenvalue weighted by atomic mass is 10.3. The molecule has 0 saturated heterocycles. The van der Waals surface area contributed by atoms with Gasteiger partial charge >= 0.3 is 0 Å².